The van der Waals surface area contributed by atoms with Gasteiger partial charge < -0.3 is 13.3 Å². The van der Waals surface area contributed by atoms with Crippen molar-refractivity contribution in [3.63, 3.8) is 0 Å². The highest BCUT2D eigenvalue weighted by Gasteiger charge is 2.43. The Hall–Kier alpha value is 0.0969. The Bertz CT molecular complexity index is 129. The van der Waals surface area contributed by atoms with Crippen LogP contribution in [0.4, 0.5) is 0 Å². The lowest BCUT2D eigenvalue weighted by Gasteiger charge is -2.30. The molecule has 4 heteroatoms. The summed E-state index contributed by atoms with van der Waals surface area (Å²) in [6.07, 6.45) is 4.86. The molecule has 0 aromatic rings. The molecular weight excluding hydrogens is 196 g/mol. The molecule has 1 atom stereocenters. The zero-order valence-corrected chi connectivity index (χ0v) is 11.1. The van der Waals surface area contributed by atoms with E-state index in [4.69, 9.17) is 13.3 Å². The van der Waals surface area contributed by atoms with Gasteiger partial charge in [-0.3, -0.25) is 0 Å². The molecule has 0 amide bonds. The second-order valence-electron chi connectivity index (χ2n) is 3.61. The molecule has 0 aliphatic heterocycles. The first-order valence-electron chi connectivity index (χ1n) is 5.32. The van der Waals surface area contributed by atoms with Crippen molar-refractivity contribution in [1.82, 2.24) is 0 Å². The number of unbranched alkanes of at least 4 members (excludes halogenated alkanes) is 2. The molecule has 0 heterocycles. The average Bonchev–Trinajstić information content (AvgIpc) is 2.22. The number of rotatable bonds is 8. The Morgan fingerprint density at radius 3 is 1.86 bits per heavy atom. The van der Waals surface area contributed by atoms with E-state index >= 15 is 0 Å². The van der Waals surface area contributed by atoms with Gasteiger partial charge in [0.1, 0.15) is 0 Å². The normalized spacial score (nSPS) is 14.4. The fourth-order valence-electron chi connectivity index (χ4n) is 1.73. The van der Waals surface area contributed by atoms with Gasteiger partial charge in [-0.25, -0.2) is 0 Å². The van der Waals surface area contributed by atoms with Crippen LogP contribution in [0.15, 0.2) is 0 Å². The SMILES string of the molecule is CCCCCC(C)[Si](OC)(OC)OC. The monoisotopic (exact) mass is 220 g/mol. The molecule has 0 rings (SSSR count). The van der Waals surface area contributed by atoms with Gasteiger partial charge >= 0.3 is 8.80 Å². The van der Waals surface area contributed by atoms with Crippen molar-refractivity contribution in [1.29, 1.82) is 0 Å². The molecule has 0 fully saturated rings. The van der Waals surface area contributed by atoms with Crippen molar-refractivity contribution < 1.29 is 13.3 Å². The maximum absolute atomic E-state index is 5.42. The van der Waals surface area contributed by atoms with Crippen LogP contribution >= 0.6 is 0 Å². The first-order valence-corrected chi connectivity index (χ1v) is 7.12. The summed E-state index contributed by atoms with van der Waals surface area (Å²) in [5, 5.41) is 0. The van der Waals surface area contributed by atoms with E-state index in [1.54, 1.807) is 21.3 Å². The molecule has 0 saturated carbocycles. The molecule has 1 unspecified atom stereocenters. The summed E-state index contributed by atoms with van der Waals surface area (Å²) in [4.78, 5) is 0. The lowest BCUT2D eigenvalue weighted by Crippen LogP contribution is -2.46. The number of hydrogen-bond acceptors (Lipinski definition) is 3. The third-order valence-corrected chi connectivity index (χ3v) is 5.90. The highest BCUT2D eigenvalue weighted by molar-refractivity contribution is 6.62. The molecular formula is C10H24O3Si. The average molecular weight is 220 g/mol. The summed E-state index contributed by atoms with van der Waals surface area (Å²) in [6, 6.07) is 0. The third-order valence-electron chi connectivity index (χ3n) is 2.70. The van der Waals surface area contributed by atoms with E-state index < -0.39 is 8.80 Å². The minimum absolute atomic E-state index is 0.383. The topological polar surface area (TPSA) is 27.7 Å². The molecule has 14 heavy (non-hydrogen) atoms. The zero-order chi connectivity index (χ0) is 11.0. The fourth-order valence-corrected chi connectivity index (χ4v) is 4.00. The van der Waals surface area contributed by atoms with E-state index in [9.17, 15) is 0 Å². The van der Waals surface area contributed by atoms with Gasteiger partial charge in [0, 0.05) is 26.9 Å². The van der Waals surface area contributed by atoms with E-state index in [1.807, 2.05) is 0 Å². The molecule has 0 radical (unpaired) electrons. The first kappa shape index (κ1) is 14.1. The van der Waals surface area contributed by atoms with Crippen LogP contribution in [0.25, 0.3) is 0 Å². The van der Waals surface area contributed by atoms with E-state index in [-0.39, 0.29) is 0 Å². The minimum Gasteiger partial charge on any atom is -0.377 e. The van der Waals surface area contributed by atoms with Crippen LogP contribution in [0.3, 0.4) is 0 Å². The van der Waals surface area contributed by atoms with E-state index in [0.717, 1.165) is 6.42 Å². The molecule has 3 nitrogen and oxygen atoms in total. The quantitative estimate of drug-likeness (QED) is 0.465. The Kier molecular flexibility index (Phi) is 7.45. The zero-order valence-electron chi connectivity index (χ0n) is 10.1. The van der Waals surface area contributed by atoms with Crippen molar-refractivity contribution >= 4 is 8.80 Å². The molecule has 0 aliphatic carbocycles. The summed E-state index contributed by atoms with van der Waals surface area (Å²) in [7, 11) is 2.66. The van der Waals surface area contributed by atoms with Crippen molar-refractivity contribution in [2.24, 2.45) is 0 Å². The summed E-state index contributed by atoms with van der Waals surface area (Å²) >= 11 is 0. The largest absolute Gasteiger partial charge is 0.503 e. The minimum atomic E-state index is -2.37. The van der Waals surface area contributed by atoms with Gasteiger partial charge in [-0.15, -0.1) is 0 Å². The van der Waals surface area contributed by atoms with Crippen molar-refractivity contribution in [3.8, 4) is 0 Å². The van der Waals surface area contributed by atoms with Gasteiger partial charge in [-0.2, -0.15) is 0 Å². The summed E-state index contributed by atoms with van der Waals surface area (Å²) in [5.41, 5.74) is 0.383. The smallest absolute Gasteiger partial charge is 0.377 e. The summed E-state index contributed by atoms with van der Waals surface area (Å²) < 4.78 is 16.3. The number of hydrogen-bond donors (Lipinski definition) is 0. The highest BCUT2D eigenvalue weighted by atomic mass is 28.4. The Morgan fingerprint density at radius 2 is 1.50 bits per heavy atom. The van der Waals surface area contributed by atoms with Crippen LogP contribution in [-0.4, -0.2) is 30.1 Å². The molecule has 0 saturated heterocycles. The predicted molar refractivity (Wildman–Crippen MR) is 60.3 cm³/mol. The lowest BCUT2D eigenvalue weighted by atomic mass is 10.2. The Balaban J connectivity index is 4.07. The Morgan fingerprint density at radius 1 is 1.00 bits per heavy atom. The maximum atomic E-state index is 5.42. The first-order chi connectivity index (χ1) is 6.66. The highest BCUT2D eigenvalue weighted by Crippen LogP contribution is 2.28. The van der Waals surface area contributed by atoms with Crippen LogP contribution < -0.4 is 0 Å². The van der Waals surface area contributed by atoms with E-state index in [0.29, 0.717) is 5.54 Å². The second kappa shape index (κ2) is 7.40. The van der Waals surface area contributed by atoms with Gasteiger partial charge in [-0.05, 0) is 6.42 Å². The second-order valence-corrected chi connectivity index (χ2v) is 7.03. The van der Waals surface area contributed by atoms with Crippen molar-refractivity contribution in [2.75, 3.05) is 21.3 Å². The van der Waals surface area contributed by atoms with Crippen LogP contribution in [0.5, 0.6) is 0 Å². The van der Waals surface area contributed by atoms with Gasteiger partial charge in [-0.1, -0.05) is 33.1 Å². The van der Waals surface area contributed by atoms with Gasteiger partial charge in [0.15, 0.2) is 0 Å². The molecule has 0 spiro atoms. The maximum Gasteiger partial charge on any atom is 0.503 e. The molecule has 0 aliphatic rings. The van der Waals surface area contributed by atoms with Crippen molar-refractivity contribution in [2.45, 2.75) is 45.1 Å². The summed E-state index contributed by atoms with van der Waals surface area (Å²) in [6.45, 7) is 4.36. The molecule has 0 aromatic heterocycles. The predicted octanol–water partition coefficient (Wildman–Crippen LogP) is 2.83. The standard InChI is InChI=1S/C10H24O3Si/c1-6-7-8-9-10(2)14(11-3,12-4)13-5/h10H,6-9H2,1-5H3. The van der Waals surface area contributed by atoms with Gasteiger partial charge in [0.05, 0.1) is 0 Å². The fraction of sp³-hybridized carbons (Fsp3) is 1.00. The van der Waals surface area contributed by atoms with E-state index in [1.165, 1.54) is 19.3 Å². The molecule has 0 bridgehead atoms. The third kappa shape index (κ3) is 3.69. The van der Waals surface area contributed by atoms with Gasteiger partial charge in [0.25, 0.3) is 0 Å². The molecule has 86 valence electrons. The van der Waals surface area contributed by atoms with Crippen LogP contribution in [0.1, 0.15) is 39.5 Å². The van der Waals surface area contributed by atoms with Crippen molar-refractivity contribution in [3.05, 3.63) is 0 Å². The van der Waals surface area contributed by atoms with E-state index in [2.05, 4.69) is 13.8 Å². The van der Waals surface area contributed by atoms with Crippen LogP contribution in [0.2, 0.25) is 5.54 Å². The van der Waals surface area contributed by atoms with Gasteiger partial charge in [0.2, 0.25) is 0 Å². The van der Waals surface area contributed by atoms with Crippen LogP contribution in [-0.2, 0) is 13.3 Å². The Labute approximate surface area is 89.1 Å². The van der Waals surface area contributed by atoms with Crippen LogP contribution in [0, 0.1) is 0 Å². The lowest BCUT2D eigenvalue weighted by molar-refractivity contribution is 0.111. The molecule has 0 N–H and O–H groups in total. The summed E-state index contributed by atoms with van der Waals surface area (Å²) in [5.74, 6) is 0. The molecule has 0 aromatic carbocycles.